The summed E-state index contributed by atoms with van der Waals surface area (Å²) in [4.78, 5) is 2.55. The van der Waals surface area contributed by atoms with Gasteiger partial charge in [-0.1, -0.05) is 38.1 Å². The maximum atomic E-state index is 9.05. The van der Waals surface area contributed by atoms with Crippen molar-refractivity contribution in [3.63, 3.8) is 0 Å². The van der Waals surface area contributed by atoms with E-state index in [1.165, 1.54) is 37.4 Å². The molecule has 2 rings (SSSR count). The van der Waals surface area contributed by atoms with Gasteiger partial charge >= 0.3 is 0 Å². The molecule has 1 radical (unpaired) electrons. The third-order valence-corrected chi connectivity index (χ3v) is 3.76. The second kappa shape index (κ2) is 6.35. The van der Waals surface area contributed by atoms with Gasteiger partial charge in [0, 0.05) is 6.54 Å². The predicted octanol–water partition coefficient (Wildman–Crippen LogP) is 2.97. The van der Waals surface area contributed by atoms with Crippen LogP contribution in [0.5, 0.6) is 0 Å². The minimum atomic E-state index is 0.143. The summed E-state index contributed by atoms with van der Waals surface area (Å²) in [6, 6.07) is 8.46. The summed E-state index contributed by atoms with van der Waals surface area (Å²) >= 11 is 0. The van der Waals surface area contributed by atoms with Crippen molar-refractivity contribution in [2.45, 2.75) is 39.2 Å². The Balaban J connectivity index is 1.88. The number of aliphatic hydroxyl groups excluding tert-OH is 1. The minimum Gasteiger partial charge on any atom is -0.392 e. The largest absolute Gasteiger partial charge is 0.392 e. The zero-order valence-electron chi connectivity index (χ0n) is 11.5. The number of rotatable bonds is 4. The van der Waals surface area contributed by atoms with Crippen LogP contribution in [0.1, 0.15) is 43.7 Å². The average molecular weight is 246 g/mol. The van der Waals surface area contributed by atoms with Crippen LogP contribution in [0.4, 0.5) is 0 Å². The van der Waals surface area contributed by atoms with Crippen LogP contribution in [0.2, 0.25) is 0 Å². The van der Waals surface area contributed by atoms with Gasteiger partial charge in [0.25, 0.3) is 0 Å². The minimum absolute atomic E-state index is 0.143. The molecule has 1 N–H and O–H groups in total. The Kier molecular flexibility index (Phi) is 4.79. The molecule has 1 fully saturated rings. The topological polar surface area (TPSA) is 23.5 Å². The van der Waals surface area contributed by atoms with E-state index in [2.05, 4.69) is 30.9 Å². The van der Waals surface area contributed by atoms with E-state index in [1.54, 1.807) is 0 Å². The molecule has 0 atom stereocenters. The van der Waals surface area contributed by atoms with Crippen molar-refractivity contribution in [2.75, 3.05) is 19.6 Å². The number of piperidine rings is 1. The predicted molar refractivity (Wildman–Crippen MR) is 75.4 cm³/mol. The molecule has 0 aromatic heterocycles. The van der Waals surface area contributed by atoms with E-state index in [0.29, 0.717) is 5.92 Å². The molecule has 1 aromatic carbocycles. The molecule has 2 nitrogen and oxygen atoms in total. The molecule has 1 saturated heterocycles. The Morgan fingerprint density at radius 2 is 1.78 bits per heavy atom. The number of nitrogens with zero attached hydrogens (tertiary/aromatic N) is 1. The van der Waals surface area contributed by atoms with Gasteiger partial charge in [-0.05, 0) is 48.9 Å². The van der Waals surface area contributed by atoms with E-state index in [9.17, 15) is 0 Å². The van der Waals surface area contributed by atoms with Crippen molar-refractivity contribution in [1.82, 2.24) is 4.90 Å². The van der Waals surface area contributed by atoms with Crippen LogP contribution in [0.15, 0.2) is 24.3 Å². The highest BCUT2D eigenvalue weighted by Crippen LogP contribution is 2.28. The molecular weight excluding hydrogens is 222 g/mol. The molecule has 1 aliphatic rings. The molecule has 0 aliphatic carbocycles. The van der Waals surface area contributed by atoms with Gasteiger partial charge in [0.05, 0.1) is 6.61 Å². The van der Waals surface area contributed by atoms with E-state index in [0.717, 1.165) is 12.1 Å². The summed E-state index contributed by atoms with van der Waals surface area (Å²) < 4.78 is 0. The van der Waals surface area contributed by atoms with E-state index in [4.69, 9.17) is 5.11 Å². The number of aliphatic hydroxyl groups is 1. The highest BCUT2D eigenvalue weighted by atomic mass is 16.3. The van der Waals surface area contributed by atoms with Crippen molar-refractivity contribution >= 4 is 0 Å². The summed E-state index contributed by atoms with van der Waals surface area (Å²) in [6.45, 7) is 8.12. The molecule has 1 aromatic rings. The molecule has 0 bridgehead atoms. The molecular formula is C16H24NO. The fourth-order valence-electron chi connectivity index (χ4n) is 2.77. The van der Waals surface area contributed by atoms with E-state index < -0.39 is 0 Å². The van der Waals surface area contributed by atoms with Gasteiger partial charge in [-0.25, -0.2) is 0 Å². The van der Waals surface area contributed by atoms with Gasteiger partial charge in [0.1, 0.15) is 0 Å². The zero-order valence-corrected chi connectivity index (χ0v) is 11.5. The van der Waals surface area contributed by atoms with E-state index in [1.807, 2.05) is 12.1 Å². The average Bonchev–Trinajstić information content (AvgIpc) is 2.39. The Bertz CT molecular complexity index is 350. The first-order valence-corrected chi connectivity index (χ1v) is 6.90. The molecule has 18 heavy (non-hydrogen) atoms. The Hall–Kier alpha value is -0.860. The van der Waals surface area contributed by atoms with Gasteiger partial charge in [-0.2, -0.15) is 0 Å². The first kappa shape index (κ1) is 13.6. The van der Waals surface area contributed by atoms with Crippen LogP contribution in [-0.2, 0) is 6.61 Å². The lowest BCUT2D eigenvalue weighted by molar-refractivity contribution is 0.220. The van der Waals surface area contributed by atoms with Gasteiger partial charge < -0.3 is 10.0 Å². The van der Waals surface area contributed by atoms with Crippen LogP contribution >= 0.6 is 0 Å². The molecule has 2 heteroatoms. The van der Waals surface area contributed by atoms with Crippen molar-refractivity contribution in [3.8, 4) is 0 Å². The molecule has 99 valence electrons. The lowest BCUT2D eigenvalue weighted by Crippen LogP contribution is -2.35. The Labute approximate surface area is 111 Å². The zero-order chi connectivity index (χ0) is 13.0. The molecule has 0 saturated carbocycles. The summed E-state index contributed by atoms with van der Waals surface area (Å²) in [6.07, 6.45) is 2.51. The number of benzene rings is 1. The molecule has 0 spiro atoms. The molecule has 1 aliphatic heterocycles. The normalized spacial score (nSPS) is 18.4. The summed E-state index contributed by atoms with van der Waals surface area (Å²) in [5.41, 5.74) is 2.44. The maximum Gasteiger partial charge on any atom is 0.0681 e. The van der Waals surface area contributed by atoms with Crippen molar-refractivity contribution in [1.29, 1.82) is 0 Å². The van der Waals surface area contributed by atoms with Crippen molar-refractivity contribution in [2.24, 2.45) is 0 Å². The maximum absolute atomic E-state index is 9.05. The second-order valence-electron chi connectivity index (χ2n) is 5.66. The van der Waals surface area contributed by atoms with Gasteiger partial charge in [0.15, 0.2) is 0 Å². The first-order valence-electron chi connectivity index (χ1n) is 6.90. The van der Waals surface area contributed by atoms with Gasteiger partial charge in [0.2, 0.25) is 0 Å². The summed E-state index contributed by atoms with van der Waals surface area (Å²) in [5, 5.41) is 9.05. The lowest BCUT2D eigenvalue weighted by atomic mass is 9.89. The van der Waals surface area contributed by atoms with Crippen LogP contribution in [0.25, 0.3) is 0 Å². The third-order valence-electron chi connectivity index (χ3n) is 3.76. The fraction of sp³-hybridized carbons (Fsp3) is 0.562. The summed E-state index contributed by atoms with van der Waals surface area (Å²) in [5.74, 6) is 2.20. The number of hydrogen-bond acceptors (Lipinski definition) is 2. The SMILES string of the molecule is C[C](C)CN1CCC(c2ccc(CO)cc2)CC1. The second-order valence-corrected chi connectivity index (χ2v) is 5.66. The van der Waals surface area contributed by atoms with Gasteiger partial charge in [-0.3, -0.25) is 0 Å². The van der Waals surface area contributed by atoms with Crippen LogP contribution in [-0.4, -0.2) is 29.6 Å². The van der Waals surface area contributed by atoms with E-state index >= 15 is 0 Å². The lowest BCUT2D eigenvalue weighted by Gasteiger charge is -2.33. The Morgan fingerprint density at radius 1 is 1.17 bits per heavy atom. The van der Waals surface area contributed by atoms with Crippen LogP contribution in [0, 0.1) is 5.92 Å². The van der Waals surface area contributed by atoms with Crippen molar-refractivity contribution < 1.29 is 5.11 Å². The highest BCUT2D eigenvalue weighted by Gasteiger charge is 2.20. The number of hydrogen-bond donors (Lipinski definition) is 1. The third kappa shape index (κ3) is 3.56. The smallest absolute Gasteiger partial charge is 0.0681 e. The van der Waals surface area contributed by atoms with Crippen LogP contribution < -0.4 is 0 Å². The standard InChI is InChI=1S/C16H24NO/c1-13(2)11-17-9-7-16(8-10-17)15-5-3-14(12-18)4-6-15/h3-6,16,18H,7-12H2,1-2H3. The first-order chi connectivity index (χ1) is 8.69. The van der Waals surface area contributed by atoms with Crippen LogP contribution in [0.3, 0.4) is 0 Å². The monoisotopic (exact) mass is 246 g/mol. The quantitative estimate of drug-likeness (QED) is 0.883. The van der Waals surface area contributed by atoms with E-state index in [-0.39, 0.29) is 6.61 Å². The van der Waals surface area contributed by atoms with Crippen molar-refractivity contribution in [3.05, 3.63) is 41.3 Å². The molecule has 0 unspecified atom stereocenters. The highest BCUT2D eigenvalue weighted by molar-refractivity contribution is 5.25. The fourth-order valence-corrected chi connectivity index (χ4v) is 2.77. The number of likely N-dealkylation sites (tertiary alicyclic amines) is 1. The summed E-state index contributed by atoms with van der Waals surface area (Å²) in [7, 11) is 0. The van der Waals surface area contributed by atoms with Gasteiger partial charge in [-0.15, -0.1) is 0 Å². The Morgan fingerprint density at radius 3 is 2.28 bits per heavy atom. The molecule has 1 heterocycles. The molecule has 0 amide bonds.